The van der Waals surface area contributed by atoms with Gasteiger partial charge < -0.3 is 16.0 Å². The average molecular weight is 286 g/mol. The Bertz CT molecular complexity index is 432. The number of halogens is 1. The SMILES string of the molecule is CCCN(CCO)Cc1ccc(/C(N)=N/O)cc1Cl. The fourth-order valence-corrected chi connectivity index (χ4v) is 2.10. The maximum Gasteiger partial charge on any atom is 0.170 e. The van der Waals surface area contributed by atoms with Crippen LogP contribution in [-0.2, 0) is 6.54 Å². The molecule has 0 aliphatic rings. The monoisotopic (exact) mass is 285 g/mol. The van der Waals surface area contributed by atoms with Crippen LogP contribution in [-0.4, -0.2) is 40.7 Å². The van der Waals surface area contributed by atoms with Gasteiger partial charge in [-0.25, -0.2) is 0 Å². The van der Waals surface area contributed by atoms with Gasteiger partial charge in [0, 0.05) is 23.7 Å². The van der Waals surface area contributed by atoms with E-state index in [1.54, 1.807) is 12.1 Å². The molecule has 0 amide bonds. The van der Waals surface area contributed by atoms with E-state index >= 15 is 0 Å². The molecule has 1 aromatic rings. The Labute approximate surface area is 118 Å². The van der Waals surface area contributed by atoms with Crippen LogP contribution in [0, 0.1) is 0 Å². The number of hydrogen-bond acceptors (Lipinski definition) is 4. The lowest BCUT2D eigenvalue weighted by Crippen LogP contribution is -2.27. The van der Waals surface area contributed by atoms with Gasteiger partial charge in [0.15, 0.2) is 5.84 Å². The first kappa shape index (κ1) is 15.8. The predicted octanol–water partition coefficient (Wildman–Crippen LogP) is 1.64. The van der Waals surface area contributed by atoms with Crippen molar-refractivity contribution in [2.45, 2.75) is 19.9 Å². The fraction of sp³-hybridized carbons (Fsp3) is 0.462. The number of nitrogens with zero attached hydrogens (tertiary/aromatic N) is 2. The molecule has 0 spiro atoms. The van der Waals surface area contributed by atoms with Crippen molar-refractivity contribution in [2.75, 3.05) is 19.7 Å². The van der Waals surface area contributed by atoms with E-state index in [1.807, 2.05) is 6.07 Å². The van der Waals surface area contributed by atoms with E-state index < -0.39 is 0 Å². The summed E-state index contributed by atoms with van der Waals surface area (Å²) in [5, 5.41) is 21.2. The van der Waals surface area contributed by atoms with Crippen molar-refractivity contribution in [3.63, 3.8) is 0 Å². The summed E-state index contributed by atoms with van der Waals surface area (Å²) in [4.78, 5) is 2.13. The predicted molar refractivity (Wildman–Crippen MR) is 76.6 cm³/mol. The van der Waals surface area contributed by atoms with Crippen LogP contribution in [0.2, 0.25) is 5.02 Å². The number of benzene rings is 1. The minimum Gasteiger partial charge on any atom is -0.409 e. The fourth-order valence-electron chi connectivity index (χ4n) is 1.86. The van der Waals surface area contributed by atoms with Crippen LogP contribution in [0.3, 0.4) is 0 Å². The molecule has 0 heterocycles. The second-order valence-electron chi connectivity index (χ2n) is 4.29. The molecular formula is C13H20ClN3O2. The molecule has 0 radical (unpaired) electrons. The summed E-state index contributed by atoms with van der Waals surface area (Å²) in [6.45, 7) is 4.40. The molecule has 1 rings (SSSR count). The van der Waals surface area contributed by atoms with Gasteiger partial charge in [-0.1, -0.05) is 35.8 Å². The van der Waals surface area contributed by atoms with E-state index in [4.69, 9.17) is 27.6 Å². The molecule has 6 heteroatoms. The summed E-state index contributed by atoms with van der Waals surface area (Å²) in [5.41, 5.74) is 7.05. The lowest BCUT2D eigenvalue weighted by atomic mass is 10.1. The van der Waals surface area contributed by atoms with Gasteiger partial charge >= 0.3 is 0 Å². The van der Waals surface area contributed by atoms with Crippen molar-refractivity contribution in [1.29, 1.82) is 0 Å². The van der Waals surface area contributed by atoms with Crippen molar-refractivity contribution in [3.05, 3.63) is 34.3 Å². The Morgan fingerprint density at radius 2 is 2.16 bits per heavy atom. The van der Waals surface area contributed by atoms with Crippen molar-refractivity contribution in [2.24, 2.45) is 10.9 Å². The van der Waals surface area contributed by atoms with Crippen molar-refractivity contribution >= 4 is 17.4 Å². The van der Waals surface area contributed by atoms with Gasteiger partial charge in [-0.3, -0.25) is 4.90 Å². The Hall–Kier alpha value is -1.30. The number of aliphatic hydroxyl groups is 1. The number of amidine groups is 1. The maximum atomic E-state index is 9.02. The highest BCUT2D eigenvalue weighted by molar-refractivity contribution is 6.31. The van der Waals surface area contributed by atoms with Gasteiger partial charge in [0.25, 0.3) is 0 Å². The Kier molecular flexibility index (Phi) is 6.62. The van der Waals surface area contributed by atoms with E-state index in [0.717, 1.165) is 18.5 Å². The minimum absolute atomic E-state index is 0.0363. The van der Waals surface area contributed by atoms with Crippen LogP contribution in [0.4, 0.5) is 0 Å². The van der Waals surface area contributed by atoms with Crippen LogP contribution in [0.15, 0.2) is 23.4 Å². The Morgan fingerprint density at radius 1 is 1.42 bits per heavy atom. The molecule has 0 aliphatic heterocycles. The van der Waals surface area contributed by atoms with Crippen LogP contribution in [0.1, 0.15) is 24.5 Å². The van der Waals surface area contributed by atoms with Crippen molar-refractivity contribution in [1.82, 2.24) is 4.90 Å². The van der Waals surface area contributed by atoms with Crippen LogP contribution in [0.5, 0.6) is 0 Å². The van der Waals surface area contributed by atoms with Crippen molar-refractivity contribution < 1.29 is 10.3 Å². The van der Waals surface area contributed by atoms with Crippen LogP contribution < -0.4 is 5.73 Å². The number of oxime groups is 1. The molecule has 0 aromatic heterocycles. The smallest absolute Gasteiger partial charge is 0.170 e. The summed E-state index contributed by atoms with van der Waals surface area (Å²) in [6, 6.07) is 5.30. The van der Waals surface area contributed by atoms with E-state index in [1.165, 1.54) is 0 Å². The molecule has 19 heavy (non-hydrogen) atoms. The van der Waals surface area contributed by atoms with E-state index in [0.29, 0.717) is 23.7 Å². The standard InChI is InChI=1S/C13H20ClN3O2/c1-2-5-17(6-7-18)9-11-4-3-10(8-12(11)14)13(15)16-19/h3-4,8,18-19H,2,5-7,9H2,1H3,(H2,15,16). The second kappa shape index (κ2) is 7.99. The lowest BCUT2D eigenvalue weighted by Gasteiger charge is -2.21. The second-order valence-corrected chi connectivity index (χ2v) is 4.70. The first-order valence-corrected chi connectivity index (χ1v) is 6.59. The number of aliphatic hydroxyl groups excluding tert-OH is 1. The quantitative estimate of drug-likeness (QED) is 0.308. The van der Waals surface area contributed by atoms with Crippen LogP contribution in [0.25, 0.3) is 0 Å². The molecule has 4 N–H and O–H groups in total. The normalized spacial score (nSPS) is 12.1. The molecule has 1 aromatic carbocycles. The van der Waals surface area contributed by atoms with Gasteiger partial charge in [-0.15, -0.1) is 0 Å². The van der Waals surface area contributed by atoms with Gasteiger partial charge in [-0.05, 0) is 24.6 Å². The largest absolute Gasteiger partial charge is 0.409 e. The zero-order chi connectivity index (χ0) is 14.3. The highest BCUT2D eigenvalue weighted by atomic mass is 35.5. The molecule has 0 fully saturated rings. The molecule has 106 valence electrons. The summed E-state index contributed by atoms with van der Waals surface area (Å²) < 4.78 is 0. The molecule has 5 nitrogen and oxygen atoms in total. The van der Waals surface area contributed by atoms with Gasteiger partial charge in [0.05, 0.1) is 6.61 Å². The van der Waals surface area contributed by atoms with Crippen LogP contribution >= 0.6 is 11.6 Å². The zero-order valence-electron chi connectivity index (χ0n) is 11.0. The third kappa shape index (κ3) is 4.70. The number of hydrogen-bond donors (Lipinski definition) is 3. The maximum absolute atomic E-state index is 9.02. The summed E-state index contributed by atoms with van der Waals surface area (Å²) in [5.74, 6) is 0.0363. The number of nitrogens with two attached hydrogens (primary N) is 1. The third-order valence-electron chi connectivity index (χ3n) is 2.81. The topological polar surface area (TPSA) is 82.1 Å². The molecule has 0 unspecified atom stereocenters. The summed E-state index contributed by atoms with van der Waals surface area (Å²) in [6.07, 6.45) is 1.01. The van der Waals surface area contributed by atoms with E-state index in [2.05, 4.69) is 17.0 Å². The highest BCUT2D eigenvalue weighted by Gasteiger charge is 2.09. The molecule has 0 bridgehead atoms. The van der Waals surface area contributed by atoms with Gasteiger partial charge in [0.2, 0.25) is 0 Å². The molecule has 0 saturated carbocycles. The van der Waals surface area contributed by atoms with E-state index in [9.17, 15) is 0 Å². The third-order valence-corrected chi connectivity index (χ3v) is 3.16. The lowest BCUT2D eigenvalue weighted by molar-refractivity contribution is 0.190. The average Bonchev–Trinajstić information content (AvgIpc) is 2.40. The Balaban J connectivity index is 2.83. The van der Waals surface area contributed by atoms with E-state index in [-0.39, 0.29) is 12.4 Å². The highest BCUT2D eigenvalue weighted by Crippen LogP contribution is 2.19. The first-order chi connectivity index (χ1) is 9.12. The molecule has 0 saturated heterocycles. The van der Waals surface area contributed by atoms with Crippen molar-refractivity contribution in [3.8, 4) is 0 Å². The molecule has 0 atom stereocenters. The Morgan fingerprint density at radius 3 is 2.68 bits per heavy atom. The minimum atomic E-state index is 0.0363. The summed E-state index contributed by atoms with van der Waals surface area (Å²) in [7, 11) is 0. The van der Waals surface area contributed by atoms with Gasteiger partial charge in [-0.2, -0.15) is 0 Å². The number of rotatable bonds is 7. The summed E-state index contributed by atoms with van der Waals surface area (Å²) >= 11 is 6.19. The molecule has 0 aliphatic carbocycles. The zero-order valence-corrected chi connectivity index (χ0v) is 11.8. The molecular weight excluding hydrogens is 266 g/mol. The first-order valence-electron chi connectivity index (χ1n) is 6.21. The van der Waals surface area contributed by atoms with Gasteiger partial charge in [0.1, 0.15) is 0 Å².